The predicted octanol–water partition coefficient (Wildman–Crippen LogP) is 4.15. The van der Waals surface area contributed by atoms with Gasteiger partial charge in [-0.3, -0.25) is 14.9 Å². The van der Waals surface area contributed by atoms with Gasteiger partial charge in [-0.25, -0.2) is 0 Å². The van der Waals surface area contributed by atoms with Gasteiger partial charge in [0.2, 0.25) is 0 Å². The van der Waals surface area contributed by atoms with Crippen molar-refractivity contribution in [2.24, 2.45) is 0 Å². The van der Waals surface area contributed by atoms with E-state index in [2.05, 4.69) is 28.6 Å². The van der Waals surface area contributed by atoms with Crippen molar-refractivity contribution < 1.29 is 14.5 Å². The van der Waals surface area contributed by atoms with Crippen molar-refractivity contribution >= 4 is 28.2 Å². The van der Waals surface area contributed by atoms with Gasteiger partial charge in [0.05, 0.1) is 12.0 Å². The minimum Gasteiger partial charge on any atom is -0.490 e. The average Bonchev–Trinajstić information content (AvgIpc) is 3.16. The first-order valence-corrected chi connectivity index (χ1v) is 9.91. The number of carbonyl (C=O) groups is 1. The van der Waals surface area contributed by atoms with E-state index < -0.39 is 10.8 Å². The maximum atomic E-state index is 12.6. The van der Waals surface area contributed by atoms with E-state index in [-0.39, 0.29) is 17.0 Å². The SMILES string of the molecule is CCN(CC)CCn1ccc2cc(NC(=O)c3ccc(OC)c([N+](=O)[O-])c3)ccc21. The van der Waals surface area contributed by atoms with Crippen molar-refractivity contribution in [2.45, 2.75) is 20.4 Å². The second kappa shape index (κ2) is 9.41. The Morgan fingerprint density at radius 3 is 2.60 bits per heavy atom. The average molecular weight is 410 g/mol. The molecule has 30 heavy (non-hydrogen) atoms. The molecule has 1 amide bonds. The third kappa shape index (κ3) is 4.60. The number of methoxy groups -OCH3 is 1. The van der Waals surface area contributed by atoms with Crippen LogP contribution in [0.3, 0.4) is 0 Å². The first-order chi connectivity index (χ1) is 14.5. The fourth-order valence-electron chi connectivity index (χ4n) is 3.44. The van der Waals surface area contributed by atoms with E-state index in [0.717, 1.165) is 37.1 Å². The highest BCUT2D eigenvalue weighted by Gasteiger charge is 2.18. The third-order valence-corrected chi connectivity index (χ3v) is 5.22. The number of hydrogen-bond acceptors (Lipinski definition) is 5. The molecule has 8 heteroatoms. The fraction of sp³-hybridized carbons (Fsp3) is 0.318. The van der Waals surface area contributed by atoms with Gasteiger partial charge in [0.1, 0.15) is 0 Å². The summed E-state index contributed by atoms with van der Waals surface area (Å²) >= 11 is 0. The van der Waals surface area contributed by atoms with Crippen molar-refractivity contribution in [1.82, 2.24) is 9.47 Å². The Hall–Kier alpha value is -3.39. The van der Waals surface area contributed by atoms with Crippen LogP contribution in [0.2, 0.25) is 0 Å². The lowest BCUT2D eigenvalue weighted by atomic mass is 10.1. The van der Waals surface area contributed by atoms with Crippen LogP contribution in [-0.4, -0.2) is 47.0 Å². The quantitative estimate of drug-likeness (QED) is 0.423. The number of fused-ring (bicyclic) bond motifs is 1. The molecule has 0 fully saturated rings. The van der Waals surface area contributed by atoms with Crippen molar-refractivity contribution in [3.8, 4) is 5.75 Å². The van der Waals surface area contributed by atoms with Crippen LogP contribution < -0.4 is 10.1 Å². The van der Waals surface area contributed by atoms with Crippen molar-refractivity contribution in [3.63, 3.8) is 0 Å². The molecule has 0 atom stereocenters. The van der Waals surface area contributed by atoms with Gasteiger partial charge in [0.15, 0.2) is 5.75 Å². The van der Waals surface area contributed by atoms with Crippen molar-refractivity contribution in [2.75, 3.05) is 32.1 Å². The number of amides is 1. The van der Waals surface area contributed by atoms with E-state index >= 15 is 0 Å². The number of nitro groups is 1. The van der Waals surface area contributed by atoms with Crippen LogP contribution in [0.1, 0.15) is 24.2 Å². The summed E-state index contributed by atoms with van der Waals surface area (Å²) < 4.78 is 7.18. The number of carbonyl (C=O) groups excluding carboxylic acids is 1. The normalized spacial score (nSPS) is 11.1. The maximum Gasteiger partial charge on any atom is 0.311 e. The molecule has 3 rings (SSSR count). The molecule has 0 aliphatic heterocycles. The largest absolute Gasteiger partial charge is 0.490 e. The number of nitrogens with one attached hydrogen (secondary N) is 1. The topological polar surface area (TPSA) is 89.6 Å². The number of likely N-dealkylation sites (N-methyl/N-ethyl adjacent to an activating group) is 1. The van der Waals surface area contributed by atoms with E-state index in [0.29, 0.717) is 5.69 Å². The fourth-order valence-corrected chi connectivity index (χ4v) is 3.44. The first kappa shape index (κ1) is 21.3. The zero-order valence-electron chi connectivity index (χ0n) is 17.4. The Bertz CT molecular complexity index is 1060. The Kier molecular flexibility index (Phi) is 6.68. The van der Waals surface area contributed by atoms with Crippen LogP contribution in [0.25, 0.3) is 10.9 Å². The van der Waals surface area contributed by atoms with E-state index in [1.54, 1.807) is 0 Å². The summed E-state index contributed by atoms with van der Waals surface area (Å²) in [5.74, 6) is -0.301. The number of aromatic nitrogens is 1. The van der Waals surface area contributed by atoms with Gasteiger partial charge < -0.3 is 19.5 Å². The molecule has 0 aliphatic carbocycles. The van der Waals surface area contributed by atoms with Gasteiger partial charge in [0, 0.05) is 47.5 Å². The van der Waals surface area contributed by atoms with Gasteiger partial charge >= 0.3 is 5.69 Å². The molecular weight excluding hydrogens is 384 g/mol. The molecule has 1 aromatic heterocycles. The van der Waals surface area contributed by atoms with Gasteiger partial charge in [-0.2, -0.15) is 0 Å². The zero-order valence-corrected chi connectivity index (χ0v) is 17.4. The third-order valence-electron chi connectivity index (χ3n) is 5.22. The molecule has 0 spiro atoms. The molecule has 0 aliphatic rings. The van der Waals surface area contributed by atoms with Crippen molar-refractivity contribution in [3.05, 3.63) is 64.3 Å². The summed E-state index contributed by atoms with van der Waals surface area (Å²) in [7, 11) is 1.35. The molecule has 1 N–H and O–H groups in total. The van der Waals surface area contributed by atoms with Crippen LogP contribution in [0.4, 0.5) is 11.4 Å². The molecule has 0 unspecified atom stereocenters. The Morgan fingerprint density at radius 2 is 1.93 bits per heavy atom. The summed E-state index contributed by atoms with van der Waals surface area (Å²) in [5, 5.41) is 15.0. The highest BCUT2D eigenvalue weighted by molar-refractivity contribution is 6.05. The smallest absolute Gasteiger partial charge is 0.311 e. The minimum absolute atomic E-state index is 0.115. The Labute approximate surface area is 175 Å². The second-order valence-electron chi connectivity index (χ2n) is 6.91. The summed E-state index contributed by atoms with van der Waals surface area (Å²) in [6.45, 7) is 8.23. The lowest BCUT2D eigenvalue weighted by molar-refractivity contribution is -0.385. The number of anilines is 1. The zero-order chi connectivity index (χ0) is 21.7. The lowest BCUT2D eigenvalue weighted by Crippen LogP contribution is -2.26. The molecular formula is C22H26N4O4. The Balaban J connectivity index is 1.76. The molecule has 158 valence electrons. The summed E-state index contributed by atoms with van der Waals surface area (Å²) in [6, 6.07) is 11.9. The number of rotatable bonds is 9. The molecule has 0 bridgehead atoms. The predicted molar refractivity (Wildman–Crippen MR) is 117 cm³/mol. The molecule has 8 nitrogen and oxygen atoms in total. The van der Waals surface area contributed by atoms with E-state index in [9.17, 15) is 14.9 Å². The van der Waals surface area contributed by atoms with Crippen LogP contribution in [0.5, 0.6) is 5.75 Å². The Morgan fingerprint density at radius 1 is 1.17 bits per heavy atom. The monoisotopic (exact) mass is 410 g/mol. The molecule has 0 saturated carbocycles. The summed E-state index contributed by atoms with van der Waals surface area (Å²) in [4.78, 5) is 25.6. The number of ether oxygens (including phenoxy) is 1. The lowest BCUT2D eigenvalue weighted by Gasteiger charge is -2.18. The van der Waals surface area contributed by atoms with Gasteiger partial charge in [-0.05, 0) is 49.5 Å². The first-order valence-electron chi connectivity index (χ1n) is 9.91. The summed E-state index contributed by atoms with van der Waals surface area (Å²) in [6.07, 6.45) is 2.05. The van der Waals surface area contributed by atoms with Crippen LogP contribution in [0.15, 0.2) is 48.7 Å². The van der Waals surface area contributed by atoms with Crippen molar-refractivity contribution in [1.29, 1.82) is 0 Å². The number of nitrogens with zero attached hydrogens (tertiary/aromatic N) is 3. The highest BCUT2D eigenvalue weighted by Crippen LogP contribution is 2.28. The standard InChI is InChI=1S/C22H26N4O4/c1-4-24(5-2)12-13-25-11-10-16-14-18(7-8-19(16)25)23-22(27)17-6-9-21(30-3)20(15-17)26(28)29/h6-11,14-15H,4-5,12-13H2,1-3H3,(H,23,27). The maximum absolute atomic E-state index is 12.6. The molecule has 3 aromatic rings. The molecule has 0 saturated heterocycles. The molecule has 2 aromatic carbocycles. The second-order valence-corrected chi connectivity index (χ2v) is 6.91. The van der Waals surface area contributed by atoms with E-state index in [4.69, 9.17) is 4.74 Å². The highest BCUT2D eigenvalue weighted by atomic mass is 16.6. The number of benzene rings is 2. The number of hydrogen-bond donors (Lipinski definition) is 1. The van der Waals surface area contributed by atoms with Crippen LogP contribution in [0, 0.1) is 10.1 Å². The molecule has 1 heterocycles. The van der Waals surface area contributed by atoms with Gasteiger partial charge in [0.25, 0.3) is 5.91 Å². The van der Waals surface area contributed by atoms with Crippen LogP contribution >= 0.6 is 0 Å². The summed E-state index contributed by atoms with van der Waals surface area (Å²) in [5.41, 5.74) is 1.68. The van der Waals surface area contributed by atoms with E-state index in [1.807, 2.05) is 30.5 Å². The number of nitro benzene ring substituents is 1. The molecule has 0 radical (unpaired) electrons. The minimum atomic E-state index is -0.567. The van der Waals surface area contributed by atoms with Crippen LogP contribution in [-0.2, 0) is 6.54 Å². The van der Waals surface area contributed by atoms with E-state index in [1.165, 1.54) is 25.3 Å². The van der Waals surface area contributed by atoms with Gasteiger partial charge in [-0.15, -0.1) is 0 Å². The van der Waals surface area contributed by atoms with Gasteiger partial charge in [-0.1, -0.05) is 13.8 Å².